The second-order valence-corrected chi connectivity index (χ2v) is 4.28. The number of fused-ring (bicyclic) bond motifs is 1. The molecular formula is C11H11BrN2O2. The van der Waals surface area contributed by atoms with Crippen LogP contribution in [0.1, 0.15) is 12.5 Å². The molecule has 0 spiro atoms. The van der Waals surface area contributed by atoms with Crippen molar-refractivity contribution in [2.45, 2.75) is 19.9 Å². The number of aryl methyl sites for hydroxylation is 1. The number of benzene rings is 1. The average molecular weight is 283 g/mol. The van der Waals surface area contributed by atoms with Crippen molar-refractivity contribution < 1.29 is 9.90 Å². The summed E-state index contributed by atoms with van der Waals surface area (Å²) in [6, 6.07) is 5.61. The van der Waals surface area contributed by atoms with E-state index in [4.69, 9.17) is 5.11 Å². The minimum Gasteiger partial charge on any atom is -0.481 e. The number of hydrogen-bond acceptors (Lipinski definition) is 2. The van der Waals surface area contributed by atoms with E-state index in [1.807, 2.05) is 29.8 Å². The Balaban J connectivity index is 2.53. The zero-order valence-electron chi connectivity index (χ0n) is 8.77. The molecule has 1 aromatic heterocycles. The van der Waals surface area contributed by atoms with Gasteiger partial charge in [0.1, 0.15) is 4.60 Å². The first-order chi connectivity index (χ1) is 7.61. The minimum atomic E-state index is -0.821. The summed E-state index contributed by atoms with van der Waals surface area (Å²) in [5, 5.41) is 14.0. The third kappa shape index (κ3) is 1.95. The van der Waals surface area contributed by atoms with Gasteiger partial charge in [0.25, 0.3) is 0 Å². The normalized spacial score (nSPS) is 10.9. The van der Waals surface area contributed by atoms with Gasteiger partial charge in [0, 0.05) is 11.9 Å². The molecule has 1 aromatic carbocycles. The molecule has 0 bridgehead atoms. The molecule has 1 heterocycles. The quantitative estimate of drug-likeness (QED) is 0.941. The van der Waals surface area contributed by atoms with Crippen molar-refractivity contribution in [2.75, 3.05) is 0 Å². The smallest absolute Gasteiger partial charge is 0.307 e. The molecule has 0 saturated carbocycles. The van der Waals surface area contributed by atoms with Crippen LogP contribution in [0.5, 0.6) is 0 Å². The molecule has 0 aliphatic rings. The van der Waals surface area contributed by atoms with Crippen LogP contribution in [0, 0.1) is 0 Å². The maximum absolute atomic E-state index is 10.6. The molecule has 16 heavy (non-hydrogen) atoms. The highest BCUT2D eigenvalue weighted by Gasteiger charge is 2.09. The SMILES string of the molecule is CCn1nc(Br)c2cc(CC(=O)O)ccc21. The Morgan fingerprint density at radius 3 is 2.94 bits per heavy atom. The Morgan fingerprint density at radius 1 is 1.56 bits per heavy atom. The first-order valence-corrected chi connectivity index (χ1v) is 5.78. The van der Waals surface area contributed by atoms with Gasteiger partial charge in [-0.25, -0.2) is 0 Å². The van der Waals surface area contributed by atoms with Crippen LogP contribution in [-0.4, -0.2) is 20.9 Å². The molecule has 0 fully saturated rings. The lowest BCUT2D eigenvalue weighted by atomic mass is 10.1. The molecule has 5 heteroatoms. The van der Waals surface area contributed by atoms with Gasteiger partial charge < -0.3 is 5.11 Å². The van der Waals surface area contributed by atoms with E-state index in [2.05, 4.69) is 21.0 Å². The molecule has 2 aromatic rings. The molecule has 4 nitrogen and oxygen atoms in total. The topological polar surface area (TPSA) is 55.1 Å². The Hall–Kier alpha value is -1.36. The van der Waals surface area contributed by atoms with E-state index in [1.165, 1.54) is 0 Å². The van der Waals surface area contributed by atoms with Gasteiger partial charge in [0.05, 0.1) is 11.9 Å². The van der Waals surface area contributed by atoms with Gasteiger partial charge in [-0.2, -0.15) is 5.10 Å². The molecule has 0 unspecified atom stereocenters. The van der Waals surface area contributed by atoms with Gasteiger partial charge in [0.2, 0.25) is 0 Å². The fourth-order valence-electron chi connectivity index (χ4n) is 1.71. The van der Waals surface area contributed by atoms with E-state index in [1.54, 1.807) is 0 Å². The van der Waals surface area contributed by atoms with Gasteiger partial charge in [-0.15, -0.1) is 0 Å². The number of aliphatic carboxylic acids is 1. The first-order valence-electron chi connectivity index (χ1n) is 4.98. The monoisotopic (exact) mass is 282 g/mol. The number of carbonyl (C=O) groups is 1. The van der Waals surface area contributed by atoms with Gasteiger partial charge in [-0.05, 0) is 40.5 Å². The molecule has 0 aliphatic heterocycles. The van der Waals surface area contributed by atoms with Crippen LogP contribution in [0.15, 0.2) is 22.8 Å². The molecule has 0 atom stereocenters. The molecule has 0 saturated heterocycles. The van der Waals surface area contributed by atoms with Crippen molar-refractivity contribution in [3.05, 3.63) is 28.4 Å². The minimum absolute atomic E-state index is 0.0414. The number of halogens is 1. The lowest BCUT2D eigenvalue weighted by Gasteiger charge is -2.00. The molecule has 0 radical (unpaired) electrons. The molecule has 0 amide bonds. The van der Waals surface area contributed by atoms with Crippen LogP contribution in [0.25, 0.3) is 10.9 Å². The summed E-state index contributed by atoms with van der Waals surface area (Å²) >= 11 is 3.38. The van der Waals surface area contributed by atoms with E-state index in [9.17, 15) is 4.79 Å². The van der Waals surface area contributed by atoms with Crippen LogP contribution < -0.4 is 0 Å². The molecular weight excluding hydrogens is 272 g/mol. The molecule has 0 aliphatic carbocycles. The van der Waals surface area contributed by atoms with Crippen LogP contribution in [0.4, 0.5) is 0 Å². The Kier molecular flexibility index (Phi) is 2.96. The van der Waals surface area contributed by atoms with Crippen molar-refractivity contribution >= 4 is 32.8 Å². The zero-order chi connectivity index (χ0) is 11.7. The Bertz CT molecular complexity index is 548. The van der Waals surface area contributed by atoms with Crippen molar-refractivity contribution in [1.29, 1.82) is 0 Å². The fourth-order valence-corrected chi connectivity index (χ4v) is 2.22. The summed E-state index contributed by atoms with van der Waals surface area (Å²) < 4.78 is 2.64. The summed E-state index contributed by atoms with van der Waals surface area (Å²) in [7, 11) is 0. The summed E-state index contributed by atoms with van der Waals surface area (Å²) in [4.78, 5) is 10.6. The van der Waals surface area contributed by atoms with Crippen LogP contribution >= 0.6 is 15.9 Å². The predicted octanol–water partition coefficient (Wildman–Crippen LogP) is 2.45. The maximum Gasteiger partial charge on any atom is 0.307 e. The van der Waals surface area contributed by atoms with E-state index in [0.717, 1.165) is 27.6 Å². The van der Waals surface area contributed by atoms with Gasteiger partial charge in [-0.1, -0.05) is 6.07 Å². The van der Waals surface area contributed by atoms with Crippen LogP contribution in [0.3, 0.4) is 0 Å². The van der Waals surface area contributed by atoms with Crippen molar-refractivity contribution in [2.24, 2.45) is 0 Å². The van der Waals surface area contributed by atoms with Gasteiger partial charge in [0.15, 0.2) is 0 Å². The first kappa shape index (κ1) is 11.1. The largest absolute Gasteiger partial charge is 0.481 e. The third-order valence-corrected chi connectivity index (χ3v) is 3.01. The Morgan fingerprint density at radius 2 is 2.31 bits per heavy atom. The second-order valence-electron chi connectivity index (χ2n) is 3.53. The van der Waals surface area contributed by atoms with E-state index in [0.29, 0.717) is 0 Å². The Labute approximate surface area is 101 Å². The lowest BCUT2D eigenvalue weighted by Crippen LogP contribution is -2.00. The molecule has 84 valence electrons. The average Bonchev–Trinajstić information content (AvgIpc) is 2.55. The molecule has 1 N–H and O–H groups in total. The third-order valence-electron chi connectivity index (χ3n) is 2.42. The standard InChI is InChI=1S/C11H11BrN2O2/c1-2-14-9-4-3-7(6-10(15)16)5-8(9)11(12)13-14/h3-5H,2,6H2,1H3,(H,15,16). The highest BCUT2D eigenvalue weighted by molar-refractivity contribution is 9.10. The predicted molar refractivity (Wildman–Crippen MR) is 64.4 cm³/mol. The van der Waals surface area contributed by atoms with Gasteiger partial charge >= 0.3 is 5.97 Å². The number of aromatic nitrogens is 2. The van der Waals surface area contributed by atoms with Crippen LogP contribution in [-0.2, 0) is 17.8 Å². The maximum atomic E-state index is 10.6. The van der Waals surface area contributed by atoms with E-state index >= 15 is 0 Å². The molecule has 2 rings (SSSR count). The van der Waals surface area contributed by atoms with Crippen molar-refractivity contribution in [1.82, 2.24) is 9.78 Å². The van der Waals surface area contributed by atoms with Crippen LogP contribution in [0.2, 0.25) is 0 Å². The van der Waals surface area contributed by atoms with E-state index < -0.39 is 5.97 Å². The number of carboxylic acid groups (broad SMARTS) is 1. The highest BCUT2D eigenvalue weighted by Crippen LogP contribution is 2.24. The number of hydrogen-bond donors (Lipinski definition) is 1. The summed E-state index contributed by atoms with van der Waals surface area (Å²) in [6.45, 7) is 2.81. The zero-order valence-corrected chi connectivity index (χ0v) is 10.4. The van der Waals surface area contributed by atoms with E-state index in [-0.39, 0.29) is 6.42 Å². The van der Waals surface area contributed by atoms with Crippen molar-refractivity contribution in [3.8, 4) is 0 Å². The summed E-state index contributed by atoms with van der Waals surface area (Å²) in [5.41, 5.74) is 1.81. The fraction of sp³-hybridized carbons (Fsp3) is 0.273. The highest BCUT2D eigenvalue weighted by atomic mass is 79.9. The summed E-state index contributed by atoms with van der Waals surface area (Å²) in [5.74, 6) is -0.821. The van der Waals surface area contributed by atoms with Gasteiger partial charge in [-0.3, -0.25) is 9.48 Å². The second kappa shape index (κ2) is 4.25. The number of rotatable bonds is 3. The summed E-state index contributed by atoms with van der Waals surface area (Å²) in [6.07, 6.45) is 0.0414. The number of carboxylic acids is 1. The van der Waals surface area contributed by atoms with Crippen molar-refractivity contribution in [3.63, 3.8) is 0 Å². The lowest BCUT2D eigenvalue weighted by molar-refractivity contribution is -0.136. The number of nitrogens with zero attached hydrogens (tertiary/aromatic N) is 2.